The van der Waals surface area contributed by atoms with Crippen LogP contribution in [0.1, 0.15) is 12.5 Å². The number of hydrogen-bond acceptors (Lipinski definition) is 2. The van der Waals surface area contributed by atoms with E-state index in [-0.39, 0.29) is 0 Å². The fourth-order valence-electron chi connectivity index (χ4n) is 0.775. The van der Waals surface area contributed by atoms with Crippen molar-refractivity contribution in [3.05, 3.63) is 24.0 Å². The zero-order valence-corrected chi connectivity index (χ0v) is 6.07. The van der Waals surface area contributed by atoms with Gasteiger partial charge in [0.1, 0.15) is 0 Å². The number of rotatable bonds is 1. The van der Waals surface area contributed by atoms with Crippen molar-refractivity contribution in [3.8, 4) is 0 Å². The van der Waals surface area contributed by atoms with Gasteiger partial charge in [-0.25, -0.2) is 0 Å². The molecule has 54 valence electrons. The van der Waals surface area contributed by atoms with Gasteiger partial charge >= 0.3 is 0 Å². The maximum Gasteiger partial charge on any atom is 0.0852 e. The Morgan fingerprint density at radius 2 is 2.40 bits per heavy atom. The summed E-state index contributed by atoms with van der Waals surface area (Å²) >= 11 is 0. The smallest absolute Gasteiger partial charge is 0.0852 e. The van der Waals surface area contributed by atoms with Gasteiger partial charge in [0.25, 0.3) is 0 Å². The molecule has 0 aliphatic carbocycles. The van der Waals surface area contributed by atoms with Gasteiger partial charge in [-0.3, -0.25) is 0 Å². The number of nitrogens with zero attached hydrogens (tertiary/aromatic N) is 2. The second-order valence-corrected chi connectivity index (χ2v) is 2.25. The van der Waals surface area contributed by atoms with Crippen LogP contribution in [0.4, 0.5) is 0 Å². The molecule has 10 heavy (non-hydrogen) atoms. The van der Waals surface area contributed by atoms with E-state index in [1.165, 1.54) is 0 Å². The van der Waals surface area contributed by atoms with Crippen molar-refractivity contribution >= 4 is 5.71 Å². The van der Waals surface area contributed by atoms with Crippen LogP contribution in [0.25, 0.3) is 0 Å². The molecule has 0 aromatic carbocycles. The van der Waals surface area contributed by atoms with Gasteiger partial charge in [0.05, 0.1) is 5.71 Å². The quantitative estimate of drug-likeness (QED) is 0.353. The van der Waals surface area contributed by atoms with Gasteiger partial charge in [-0.2, -0.15) is 0 Å². The summed E-state index contributed by atoms with van der Waals surface area (Å²) in [4.78, 5) is 0. The van der Waals surface area contributed by atoms with Gasteiger partial charge in [0.15, 0.2) is 0 Å². The standard InChI is InChI=1S/C7H10N2O/c1-6(8-10)7-3-4-9(2)5-7/h3-5,10H,1-2H3/b8-6+. The van der Waals surface area contributed by atoms with Crippen molar-refractivity contribution < 1.29 is 5.21 Å². The van der Waals surface area contributed by atoms with Gasteiger partial charge < -0.3 is 9.77 Å². The first-order chi connectivity index (χ1) is 4.74. The van der Waals surface area contributed by atoms with Gasteiger partial charge in [-0.15, -0.1) is 0 Å². The highest BCUT2D eigenvalue weighted by Gasteiger charge is 1.96. The van der Waals surface area contributed by atoms with Crippen molar-refractivity contribution in [2.45, 2.75) is 6.92 Å². The molecule has 0 saturated heterocycles. The van der Waals surface area contributed by atoms with E-state index >= 15 is 0 Å². The molecule has 1 rings (SSSR count). The highest BCUT2D eigenvalue weighted by molar-refractivity contribution is 5.98. The van der Waals surface area contributed by atoms with Crippen LogP contribution in [0.2, 0.25) is 0 Å². The molecule has 0 bridgehead atoms. The van der Waals surface area contributed by atoms with E-state index in [9.17, 15) is 0 Å². The summed E-state index contributed by atoms with van der Waals surface area (Å²) in [5.41, 5.74) is 1.59. The molecule has 0 aliphatic rings. The summed E-state index contributed by atoms with van der Waals surface area (Å²) in [6.45, 7) is 1.76. The third-order valence-corrected chi connectivity index (χ3v) is 1.40. The van der Waals surface area contributed by atoms with Gasteiger partial charge in [0, 0.05) is 25.0 Å². The van der Waals surface area contributed by atoms with Crippen molar-refractivity contribution in [2.24, 2.45) is 12.2 Å². The third kappa shape index (κ3) is 1.18. The molecule has 0 unspecified atom stereocenters. The lowest BCUT2D eigenvalue weighted by molar-refractivity contribution is 0.319. The fourth-order valence-corrected chi connectivity index (χ4v) is 0.775. The van der Waals surface area contributed by atoms with Crippen LogP contribution in [0.15, 0.2) is 23.6 Å². The lowest BCUT2D eigenvalue weighted by Gasteiger charge is -1.89. The fraction of sp³-hybridized carbons (Fsp3) is 0.286. The summed E-state index contributed by atoms with van der Waals surface area (Å²) in [6, 6.07) is 1.90. The Labute approximate surface area is 59.6 Å². The zero-order chi connectivity index (χ0) is 7.56. The van der Waals surface area contributed by atoms with Crippen LogP contribution in [-0.2, 0) is 7.05 Å². The first-order valence-corrected chi connectivity index (χ1v) is 3.05. The Hall–Kier alpha value is -1.25. The second-order valence-electron chi connectivity index (χ2n) is 2.25. The minimum atomic E-state index is 0.639. The molecule has 0 amide bonds. The molecule has 1 N–H and O–H groups in total. The Morgan fingerprint density at radius 1 is 1.70 bits per heavy atom. The average molecular weight is 138 g/mol. The van der Waals surface area contributed by atoms with E-state index in [0.29, 0.717) is 5.71 Å². The Morgan fingerprint density at radius 3 is 2.80 bits per heavy atom. The monoisotopic (exact) mass is 138 g/mol. The third-order valence-electron chi connectivity index (χ3n) is 1.40. The van der Waals surface area contributed by atoms with E-state index in [4.69, 9.17) is 5.21 Å². The van der Waals surface area contributed by atoms with E-state index in [2.05, 4.69) is 5.16 Å². The molecule has 0 saturated carbocycles. The molecule has 0 fully saturated rings. The van der Waals surface area contributed by atoms with Crippen LogP contribution in [0.3, 0.4) is 0 Å². The molecule has 0 atom stereocenters. The molecule has 1 aromatic heterocycles. The van der Waals surface area contributed by atoms with Crippen LogP contribution >= 0.6 is 0 Å². The number of aryl methyl sites for hydroxylation is 1. The van der Waals surface area contributed by atoms with E-state index < -0.39 is 0 Å². The minimum absolute atomic E-state index is 0.639. The van der Waals surface area contributed by atoms with Gasteiger partial charge in [0.2, 0.25) is 0 Å². The molecular formula is C7H10N2O. The van der Waals surface area contributed by atoms with E-state index in [0.717, 1.165) is 5.56 Å². The number of aromatic nitrogens is 1. The lowest BCUT2D eigenvalue weighted by atomic mass is 10.2. The van der Waals surface area contributed by atoms with E-state index in [1.54, 1.807) is 6.92 Å². The summed E-state index contributed by atoms with van der Waals surface area (Å²) in [5.74, 6) is 0. The van der Waals surface area contributed by atoms with Gasteiger partial charge in [-0.1, -0.05) is 5.16 Å². The average Bonchev–Trinajstić information content (AvgIpc) is 2.34. The predicted octanol–water partition coefficient (Wildman–Crippen LogP) is 1.22. The Bertz CT molecular complexity index is 250. The van der Waals surface area contributed by atoms with Crippen molar-refractivity contribution in [1.29, 1.82) is 0 Å². The number of hydrogen-bond donors (Lipinski definition) is 1. The molecule has 0 radical (unpaired) electrons. The van der Waals surface area contributed by atoms with Crippen LogP contribution < -0.4 is 0 Å². The predicted molar refractivity (Wildman–Crippen MR) is 39.4 cm³/mol. The molecule has 1 aromatic rings. The van der Waals surface area contributed by atoms with Crippen LogP contribution in [0.5, 0.6) is 0 Å². The maximum absolute atomic E-state index is 8.38. The normalized spacial score (nSPS) is 12.0. The molecular weight excluding hydrogens is 128 g/mol. The van der Waals surface area contributed by atoms with Crippen molar-refractivity contribution in [2.75, 3.05) is 0 Å². The van der Waals surface area contributed by atoms with Gasteiger partial charge in [-0.05, 0) is 13.0 Å². The van der Waals surface area contributed by atoms with Crippen LogP contribution in [0, 0.1) is 0 Å². The highest BCUT2D eigenvalue weighted by Crippen LogP contribution is 2.00. The van der Waals surface area contributed by atoms with Crippen molar-refractivity contribution in [3.63, 3.8) is 0 Å². The molecule has 3 heteroatoms. The lowest BCUT2D eigenvalue weighted by Crippen LogP contribution is -1.91. The minimum Gasteiger partial charge on any atom is -0.411 e. The topological polar surface area (TPSA) is 37.5 Å². The van der Waals surface area contributed by atoms with Crippen LogP contribution in [-0.4, -0.2) is 15.5 Å². The number of oxime groups is 1. The SMILES string of the molecule is C/C(=N\O)c1ccn(C)c1. The molecule has 3 nitrogen and oxygen atoms in total. The summed E-state index contributed by atoms with van der Waals surface area (Å²) in [7, 11) is 1.92. The molecule has 1 heterocycles. The maximum atomic E-state index is 8.38. The highest BCUT2D eigenvalue weighted by atomic mass is 16.4. The first-order valence-electron chi connectivity index (χ1n) is 3.05. The largest absolute Gasteiger partial charge is 0.411 e. The zero-order valence-electron chi connectivity index (χ0n) is 6.07. The first kappa shape index (κ1) is 6.86. The Balaban J connectivity index is 2.95. The van der Waals surface area contributed by atoms with Crippen molar-refractivity contribution in [1.82, 2.24) is 4.57 Å². The summed E-state index contributed by atoms with van der Waals surface area (Å²) < 4.78 is 1.91. The summed E-state index contributed by atoms with van der Waals surface area (Å²) in [6.07, 6.45) is 3.80. The second kappa shape index (κ2) is 2.56. The molecule has 0 spiro atoms. The van der Waals surface area contributed by atoms with E-state index in [1.807, 2.05) is 30.1 Å². The molecule has 0 aliphatic heterocycles. The summed E-state index contributed by atoms with van der Waals surface area (Å²) in [5, 5.41) is 11.5. The Kier molecular flexibility index (Phi) is 1.76.